The molecule has 8 heteroatoms. The maximum atomic E-state index is 12.3. The van der Waals surface area contributed by atoms with E-state index in [0.717, 1.165) is 19.6 Å². The predicted molar refractivity (Wildman–Crippen MR) is 126 cm³/mol. The summed E-state index contributed by atoms with van der Waals surface area (Å²) in [6, 6.07) is 18.1. The van der Waals surface area contributed by atoms with Gasteiger partial charge in [0.1, 0.15) is 0 Å². The van der Waals surface area contributed by atoms with Crippen molar-refractivity contribution in [3.63, 3.8) is 0 Å². The van der Waals surface area contributed by atoms with Crippen LogP contribution in [0.1, 0.15) is 30.9 Å². The number of nitrogens with zero attached hydrogens (tertiary/aromatic N) is 4. The standard InChI is InChI=1S/C25H28N6O2/c1-19-18-30(12-10-24(32)28-22-6-2-20(16-26)3-7-22)14-15-31(19)13-11-25(33)29-23-8-4-21(17-27)5-9-23/h2-9,19H,10-15,18H2,1H3,(H,28,32)(H,29,33). The third kappa shape index (κ3) is 7.43. The number of piperazine rings is 1. The van der Waals surface area contributed by atoms with E-state index in [1.54, 1.807) is 48.5 Å². The van der Waals surface area contributed by atoms with Gasteiger partial charge >= 0.3 is 0 Å². The van der Waals surface area contributed by atoms with E-state index in [9.17, 15) is 9.59 Å². The molecule has 1 heterocycles. The van der Waals surface area contributed by atoms with Gasteiger partial charge in [0.15, 0.2) is 0 Å². The Morgan fingerprint density at radius 2 is 1.33 bits per heavy atom. The minimum atomic E-state index is -0.0474. The topological polar surface area (TPSA) is 112 Å². The maximum Gasteiger partial charge on any atom is 0.225 e. The van der Waals surface area contributed by atoms with Crippen LogP contribution in [-0.2, 0) is 9.59 Å². The van der Waals surface area contributed by atoms with Crippen molar-refractivity contribution in [2.45, 2.75) is 25.8 Å². The van der Waals surface area contributed by atoms with Gasteiger partial charge in [-0.3, -0.25) is 14.5 Å². The normalized spacial score (nSPS) is 16.4. The summed E-state index contributed by atoms with van der Waals surface area (Å²) in [6.45, 7) is 6.05. The molecule has 1 saturated heterocycles. The number of nitrogens with one attached hydrogen (secondary N) is 2. The lowest BCUT2D eigenvalue weighted by Crippen LogP contribution is -2.52. The number of carbonyl (C=O) groups excluding carboxylic acids is 2. The van der Waals surface area contributed by atoms with Gasteiger partial charge in [-0.05, 0) is 55.5 Å². The lowest BCUT2D eigenvalue weighted by Gasteiger charge is -2.39. The highest BCUT2D eigenvalue weighted by atomic mass is 16.2. The van der Waals surface area contributed by atoms with E-state index in [1.165, 1.54) is 0 Å². The first-order chi connectivity index (χ1) is 16.0. The minimum Gasteiger partial charge on any atom is -0.326 e. The number of nitriles is 2. The second-order valence-corrected chi connectivity index (χ2v) is 8.16. The highest BCUT2D eigenvalue weighted by molar-refractivity contribution is 5.91. The summed E-state index contributed by atoms with van der Waals surface area (Å²) in [5.41, 5.74) is 2.51. The Morgan fingerprint density at radius 1 is 0.848 bits per heavy atom. The minimum absolute atomic E-state index is 0.0470. The third-order valence-electron chi connectivity index (χ3n) is 5.73. The van der Waals surface area contributed by atoms with Crippen molar-refractivity contribution in [3.05, 3.63) is 59.7 Å². The van der Waals surface area contributed by atoms with Gasteiger partial charge in [0.25, 0.3) is 0 Å². The molecule has 2 amide bonds. The molecule has 8 nitrogen and oxygen atoms in total. The van der Waals surface area contributed by atoms with Gasteiger partial charge in [-0.15, -0.1) is 0 Å². The van der Waals surface area contributed by atoms with Crippen molar-refractivity contribution >= 4 is 23.2 Å². The number of amides is 2. The zero-order chi connectivity index (χ0) is 23.6. The second-order valence-electron chi connectivity index (χ2n) is 8.16. The van der Waals surface area contributed by atoms with Crippen LogP contribution in [-0.4, -0.2) is 60.4 Å². The Bertz CT molecular complexity index is 1040. The smallest absolute Gasteiger partial charge is 0.225 e. The predicted octanol–water partition coefficient (Wildman–Crippen LogP) is 2.79. The van der Waals surface area contributed by atoms with E-state index in [4.69, 9.17) is 10.5 Å². The largest absolute Gasteiger partial charge is 0.326 e. The molecule has 0 saturated carbocycles. The fourth-order valence-corrected chi connectivity index (χ4v) is 3.81. The van der Waals surface area contributed by atoms with E-state index >= 15 is 0 Å². The van der Waals surface area contributed by atoms with Crippen molar-refractivity contribution in [2.75, 3.05) is 43.4 Å². The highest BCUT2D eigenvalue weighted by Crippen LogP contribution is 2.13. The fourth-order valence-electron chi connectivity index (χ4n) is 3.81. The third-order valence-corrected chi connectivity index (χ3v) is 5.73. The molecule has 170 valence electrons. The highest BCUT2D eigenvalue weighted by Gasteiger charge is 2.24. The lowest BCUT2D eigenvalue weighted by molar-refractivity contribution is -0.118. The molecule has 1 atom stereocenters. The number of anilines is 2. The van der Waals surface area contributed by atoms with Crippen molar-refractivity contribution < 1.29 is 9.59 Å². The molecule has 1 unspecified atom stereocenters. The number of rotatable bonds is 8. The molecule has 0 radical (unpaired) electrons. The first kappa shape index (κ1) is 23.9. The molecule has 2 aromatic carbocycles. The Labute approximate surface area is 194 Å². The molecule has 0 aliphatic carbocycles. The van der Waals surface area contributed by atoms with Crippen molar-refractivity contribution in [2.24, 2.45) is 0 Å². The number of benzene rings is 2. The monoisotopic (exact) mass is 444 g/mol. The Morgan fingerprint density at radius 3 is 1.79 bits per heavy atom. The summed E-state index contributed by atoms with van der Waals surface area (Å²) in [5.74, 6) is -0.0944. The van der Waals surface area contributed by atoms with Crippen molar-refractivity contribution in [1.82, 2.24) is 9.80 Å². The summed E-state index contributed by atoms with van der Waals surface area (Å²) in [6.07, 6.45) is 0.803. The molecular formula is C25H28N6O2. The number of hydrogen-bond donors (Lipinski definition) is 2. The van der Waals surface area contributed by atoms with E-state index in [0.29, 0.717) is 54.5 Å². The zero-order valence-corrected chi connectivity index (χ0v) is 18.8. The van der Waals surface area contributed by atoms with Gasteiger partial charge in [0.2, 0.25) is 11.8 Å². The van der Waals surface area contributed by atoms with E-state index < -0.39 is 0 Å². The van der Waals surface area contributed by atoms with E-state index in [1.807, 2.05) is 0 Å². The van der Waals surface area contributed by atoms with Crippen LogP contribution in [0, 0.1) is 22.7 Å². The van der Waals surface area contributed by atoms with Crippen LogP contribution in [0.3, 0.4) is 0 Å². The average Bonchev–Trinajstić information content (AvgIpc) is 2.83. The number of hydrogen-bond acceptors (Lipinski definition) is 6. The summed E-state index contributed by atoms with van der Waals surface area (Å²) < 4.78 is 0. The Balaban J connectivity index is 1.35. The molecule has 1 fully saturated rings. The van der Waals surface area contributed by atoms with Crippen LogP contribution < -0.4 is 10.6 Å². The summed E-state index contributed by atoms with van der Waals surface area (Å²) in [5, 5.41) is 23.4. The summed E-state index contributed by atoms with van der Waals surface area (Å²) in [4.78, 5) is 29.1. The maximum absolute atomic E-state index is 12.3. The average molecular weight is 445 g/mol. The van der Waals surface area contributed by atoms with Gasteiger partial charge in [-0.2, -0.15) is 10.5 Å². The van der Waals surface area contributed by atoms with Crippen LogP contribution in [0.25, 0.3) is 0 Å². The van der Waals surface area contributed by atoms with E-state index in [-0.39, 0.29) is 11.8 Å². The molecular weight excluding hydrogens is 416 g/mol. The molecule has 1 aliphatic rings. The molecule has 33 heavy (non-hydrogen) atoms. The molecule has 0 spiro atoms. The Kier molecular flexibility index (Phi) is 8.54. The second kappa shape index (κ2) is 11.8. The Hall–Kier alpha value is -3.72. The quantitative estimate of drug-likeness (QED) is 0.647. The number of carbonyl (C=O) groups is 2. The molecule has 3 rings (SSSR count). The molecule has 2 aromatic rings. The van der Waals surface area contributed by atoms with Gasteiger partial charge in [-0.25, -0.2) is 0 Å². The van der Waals surface area contributed by atoms with Crippen LogP contribution in [0.2, 0.25) is 0 Å². The van der Waals surface area contributed by atoms with E-state index in [2.05, 4.69) is 39.5 Å². The first-order valence-corrected chi connectivity index (χ1v) is 11.0. The van der Waals surface area contributed by atoms with Gasteiger partial charge in [0.05, 0.1) is 23.3 Å². The van der Waals surface area contributed by atoms with Crippen LogP contribution in [0.15, 0.2) is 48.5 Å². The van der Waals surface area contributed by atoms with Crippen molar-refractivity contribution in [3.8, 4) is 12.1 Å². The molecule has 2 N–H and O–H groups in total. The van der Waals surface area contributed by atoms with Gasteiger partial charge in [0, 0.05) is 63.0 Å². The summed E-state index contributed by atoms with van der Waals surface area (Å²) >= 11 is 0. The van der Waals surface area contributed by atoms with Crippen molar-refractivity contribution in [1.29, 1.82) is 10.5 Å². The SMILES string of the molecule is CC1CN(CCC(=O)Nc2ccc(C#N)cc2)CCN1CCC(=O)Nc1ccc(C#N)cc1. The van der Waals surface area contributed by atoms with Crippen LogP contribution in [0.4, 0.5) is 11.4 Å². The van der Waals surface area contributed by atoms with Crippen LogP contribution >= 0.6 is 0 Å². The fraction of sp³-hybridized carbons (Fsp3) is 0.360. The molecule has 0 bridgehead atoms. The first-order valence-electron chi connectivity index (χ1n) is 11.0. The van der Waals surface area contributed by atoms with Crippen LogP contribution in [0.5, 0.6) is 0 Å². The summed E-state index contributed by atoms with van der Waals surface area (Å²) in [7, 11) is 0. The molecule has 0 aromatic heterocycles. The van der Waals surface area contributed by atoms with Gasteiger partial charge in [-0.1, -0.05) is 0 Å². The zero-order valence-electron chi connectivity index (χ0n) is 18.8. The lowest BCUT2D eigenvalue weighted by atomic mass is 10.1. The van der Waals surface area contributed by atoms with Gasteiger partial charge < -0.3 is 15.5 Å². The molecule has 1 aliphatic heterocycles.